The van der Waals surface area contributed by atoms with Gasteiger partial charge in [0.05, 0.1) is 18.0 Å². The number of nitrogens with zero attached hydrogens (tertiary/aromatic N) is 2. The van der Waals surface area contributed by atoms with Gasteiger partial charge in [0, 0.05) is 8.96 Å². The van der Waals surface area contributed by atoms with Gasteiger partial charge in [0.1, 0.15) is 0 Å². The normalized spacial score (nSPS) is 27.8. The van der Waals surface area contributed by atoms with Gasteiger partial charge in [-0.15, -0.1) is 0 Å². The first-order chi connectivity index (χ1) is 3.71. The zero-order valence-corrected chi connectivity index (χ0v) is 4.48. The van der Waals surface area contributed by atoms with Crippen molar-refractivity contribution < 1.29 is 13.9 Å². The summed E-state index contributed by atoms with van der Waals surface area (Å²) in [5, 5.41) is 3.78. The SMILES string of the molecule is F[N+]1(F)CC[N]CC1. The molecule has 1 saturated heterocycles. The minimum absolute atomic E-state index is 0.111. The number of piperazine rings is 1. The number of quaternary nitrogens is 1. The van der Waals surface area contributed by atoms with Gasteiger partial charge in [0.15, 0.2) is 13.1 Å². The van der Waals surface area contributed by atoms with Crippen molar-refractivity contribution in [3.8, 4) is 0 Å². The molecule has 0 aliphatic carbocycles. The van der Waals surface area contributed by atoms with Gasteiger partial charge in [-0.05, 0) is 0 Å². The Morgan fingerprint density at radius 1 is 1.12 bits per heavy atom. The van der Waals surface area contributed by atoms with Crippen LogP contribution < -0.4 is 5.32 Å². The smallest absolute Gasteiger partial charge is 0.169 e. The average Bonchev–Trinajstić information content (AvgIpc) is 1.65. The summed E-state index contributed by atoms with van der Waals surface area (Å²) in [6.07, 6.45) is 0. The van der Waals surface area contributed by atoms with Crippen LogP contribution in [-0.4, -0.2) is 31.1 Å². The quantitative estimate of drug-likeness (QED) is 0.407. The maximum Gasteiger partial charge on any atom is 0.169 e. The molecule has 8 heavy (non-hydrogen) atoms. The van der Waals surface area contributed by atoms with Crippen molar-refractivity contribution in [1.82, 2.24) is 5.32 Å². The van der Waals surface area contributed by atoms with E-state index in [-0.39, 0.29) is 13.1 Å². The first-order valence-electron chi connectivity index (χ1n) is 2.60. The highest BCUT2D eigenvalue weighted by atomic mass is 19.4. The second-order valence-corrected chi connectivity index (χ2v) is 1.88. The third kappa shape index (κ3) is 1.38. The van der Waals surface area contributed by atoms with Gasteiger partial charge in [0.25, 0.3) is 0 Å². The number of halogens is 2. The molecule has 1 fully saturated rings. The lowest BCUT2D eigenvalue weighted by molar-refractivity contribution is -1.17. The molecule has 0 aromatic rings. The molecule has 1 aliphatic rings. The summed E-state index contributed by atoms with van der Waals surface area (Å²) in [6.45, 7) is 0.403. The van der Waals surface area contributed by atoms with Crippen molar-refractivity contribution in [2.75, 3.05) is 26.2 Å². The van der Waals surface area contributed by atoms with E-state index < -0.39 is 4.93 Å². The molecule has 1 radical (unpaired) electrons. The Morgan fingerprint density at radius 3 is 1.88 bits per heavy atom. The lowest BCUT2D eigenvalue weighted by Crippen LogP contribution is -2.44. The molecule has 47 valence electrons. The van der Waals surface area contributed by atoms with E-state index in [2.05, 4.69) is 5.32 Å². The topological polar surface area (TPSA) is 14.1 Å². The van der Waals surface area contributed by atoms with E-state index in [0.29, 0.717) is 13.1 Å². The van der Waals surface area contributed by atoms with Gasteiger partial charge in [0.2, 0.25) is 0 Å². The summed E-state index contributed by atoms with van der Waals surface area (Å²) in [7, 11) is 0. The molecular formula is C4H8F2N2+. The molecule has 4 heteroatoms. The Labute approximate surface area is 46.5 Å². The molecule has 0 aromatic carbocycles. The summed E-state index contributed by atoms with van der Waals surface area (Å²) in [5.74, 6) is 0. The van der Waals surface area contributed by atoms with E-state index in [1.807, 2.05) is 0 Å². The Kier molecular flexibility index (Phi) is 1.44. The minimum atomic E-state index is -1.84. The summed E-state index contributed by atoms with van der Waals surface area (Å²) >= 11 is 0. The number of hydrogen-bond acceptors (Lipinski definition) is 0. The highest BCUT2D eigenvalue weighted by Crippen LogP contribution is 2.09. The molecule has 2 nitrogen and oxygen atoms in total. The summed E-state index contributed by atoms with van der Waals surface area (Å²) < 4.78 is 24.2. The minimum Gasteiger partial charge on any atom is -0.230 e. The monoisotopic (exact) mass is 122 g/mol. The molecule has 0 atom stereocenters. The third-order valence-corrected chi connectivity index (χ3v) is 1.17. The fourth-order valence-corrected chi connectivity index (χ4v) is 0.658. The van der Waals surface area contributed by atoms with Gasteiger partial charge < -0.3 is 0 Å². The van der Waals surface area contributed by atoms with Crippen LogP contribution in [0.15, 0.2) is 0 Å². The van der Waals surface area contributed by atoms with E-state index >= 15 is 0 Å². The second-order valence-electron chi connectivity index (χ2n) is 1.88. The zero-order valence-electron chi connectivity index (χ0n) is 4.48. The van der Waals surface area contributed by atoms with Gasteiger partial charge in [-0.1, -0.05) is 0 Å². The van der Waals surface area contributed by atoms with E-state index in [1.54, 1.807) is 0 Å². The highest BCUT2D eigenvalue weighted by molar-refractivity contribution is 4.47. The predicted octanol–water partition coefficient (Wildman–Crippen LogP) is 0.190. The van der Waals surface area contributed by atoms with Crippen LogP contribution in [0, 0.1) is 0 Å². The van der Waals surface area contributed by atoms with Crippen LogP contribution in [0.1, 0.15) is 0 Å². The summed E-state index contributed by atoms with van der Waals surface area (Å²) in [5.41, 5.74) is 0. The molecule has 1 heterocycles. The molecule has 0 unspecified atom stereocenters. The summed E-state index contributed by atoms with van der Waals surface area (Å²) in [6, 6.07) is 0. The predicted molar refractivity (Wildman–Crippen MR) is 24.1 cm³/mol. The van der Waals surface area contributed by atoms with Crippen LogP contribution in [0.4, 0.5) is 8.96 Å². The molecule has 1 rings (SSSR count). The molecular weight excluding hydrogens is 114 g/mol. The average molecular weight is 122 g/mol. The van der Waals surface area contributed by atoms with Crippen molar-refractivity contribution in [1.29, 1.82) is 0 Å². The molecule has 0 bridgehead atoms. The van der Waals surface area contributed by atoms with Gasteiger partial charge in [-0.2, -0.15) is 0 Å². The van der Waals surface area contributed by atoms with E-state index in [1.165, 1.54) is 0 Å². The third-order valence-electron chi connectivity index (χ3n) is 1.17. The zero-order chi connectivity index (χ0) is 6.04. The van der Waals surface area contributed by atoms with Crippen LogP contribution in [0.3, 0.4) is 0 Å². The number of rotatable bonds is 0. The van der Waals surface area contributed by atoms with Gasteiger partial charge >= 0.3 is 0 Å². The van der Waals surface area contributed by atoms with Crippen LogP contribution >= 0.6 is 0 Å². The van der Waals surface area contributed by atoms with Gasteiger partial charge in [-0.25, -0.2) is 5.32 Å². The van der Waals surface area contributed by atoms with Crippen LogP contribution in [-0.2, 0) is 0 Å². The van der Waals surface area contributed by atoms with E-state index in [0.717, 1.165) is 0 Å². The fraction of sp³-hybridized carbons (Fsp3) is 1.00. The molecule has 0 aromatic heterocycles. The highest BCUT2D eigenvalue weighted by Gasteiger charge is 2.32. The van der Waals surface area contributed by atoms with Gasteiger partial charge in [-0.3, -0.25) is 0 Å². The Hall–Kier alpha value is -0.220. The standard InChI is InChI=1S/C4H8F2N2/c5-8(6)3-1-7-2-4-8/h1-4H2/q+1. The molecule has 0 saturated carbocycles. The number of hydrogen-bond donors (Lipinski definition) is 0. The Morgan fingerprint density at radius 2 is 1.62 bits per heavy atom. The van der Waals surface area contributed by atoms with Crippen LogP contribution in [0.25, 0.3) is 0 Å². The fourth-order valence-electron chi connectivity index (χ4n) is 0.658. The molecule has 0 spiro atoms. The maximum absolute atomic E-state index is 12.1. The van der Waals surface area contributed by atoms with Crippen LogP contribution in [0.2, 0.25) is 0 Å². The maximum atomic E-state index is 12.1. The van der Waals surface area contributed by atoms with Crippen molar-refractivity contribution in [3.05, 3.63) is 0 Å². The largest absolute Gasteiger partial charge is 0.230 e. The lowest BCUT2D eigenvalue weighted by Gasteiger charge is -2.17. The van der Waals surface area contributed by atoms with E-state index in [4.69, 9.17) is 0 Å². The van der Waals surface area contributed by atoms with Crippen molar-refractivity contribution in [2.45, 2.75) is 0 Å². The Bertz CT molecular complexity index is 76.1. The van der Waals surface area contributed by atoms with Crippen molar-refractivity contribution in [2.24, 2.45) is 0 Å². The molecule has 0 amide bonds. The first kappa shape index (κ1) is 5.91. The van der Waals surface area contributed by atoms with Crippen molar-refractivity contribution >= 4 is 0 Å². The molecule has 1 aliphatic heterocycles. The molecule has 0 N–H and O–H groups in total. The first-order valence-corrected chi connectivity index (χ1v) is 2.60. The Balaban J connectivity index is 2.33. The van der Waals surface area contributed by atoms with Crippen LogP contribution in [0.5, 0.6) is 0 Å². The second kappa shape index (κ2) is 1.95. The van der Waals surface area contributed by atoms with Crippen molar-refractivity contribution in [3.63, 3.8) is 0 Å². The lowest BCUT2D eigenvalue weighted by atomic mass is 10.4. The van der Waals surface area contributed by atoms with E-state index in [9.17, 15) is 8.96 Å². The summed E-state index contributed by atoms with van der Waals surface area (Å²) in [4.78, 5) is -1.84.